The zero-order valence-electron chi connectivity index (χ0n) is 17.8. The molecule has 0 saturated carbocycles. The molecule has 5 nitrogen and oxygen atoms in total. The second-order valence-corrected chi connectivity index (χ2v) is 7.73. The van der Waals surface area contributed by atoms with Crippen LogP contribution in [0.3, 0.4) is 0 Å². The van der Waals surface area contributed by atoms with E-state index in [9.17, 15) is 15.0 Å². The van der Waals surface area contributed by atoms with Crippen LogP contribution in [-0.4, -0.2) is 36.4 Å². The first-order chi connectivity index (χ1) is 15.0. The van der Waals surface area contributed by atoms with Crippen LogP contribution >= 0.6 is 24.0 Å². The number of aliphatic hydroxyl groups is 1. The predicted molar refractivity (Wildman–Crippen MR) is 130 cm³/mol. The minimum absolute atomic E-state index is 0. The van der Waals surface area contributed by atoms with Gasteiger partial charge in [0, 0.05) is 11.6 Å². The van der Waals surface area contributed by atoms with Crippen molar-refractivity contribution in [1.82, 2.24) is 5.32 Å². The number of aromatic carboxylic acids is 1. The molecule has 0 aliphatic carbocycles. The minimum atomic E-state index is -1.01. The molecule has 0 amide bonds. The summed E-state index contributed by atoms with van der Waals surface area (Å²) in [4.78, 5) is 11.2. The number of carboxylic acids is 1. The van der Waals surface area contributed by atoms with Crippen molar-refractivity contribution in [2.75, 3.05) is 20.2 Å². The number of carbonyl (C=O) groups is 1. The van der Waals surface area contributed by atoms with Crippen LogP contribution in [0.1, 0.15) is 34.0 Å². The molecule has 3 N–H and O–H groups in total. The van der Waals surface area contributed by atoms with Crippen LogP contribution in [0, 0.1) is 0 Å². The van der Waals surface area contributed by atoms with Crippen LogP contribution in [-0.2, 0) is 6.42 Å². The standard InChI is InChI=1S/C25H26ClNO4.ClH/c1-31-24-15-19(11-12-22(24)25(29)30)18-9-7-17(8-10-18)4-3-13-27-16-23(28)20-5-2-6-21(26)14-20;/h2,5-12,14-15,23,27-28H,3-4,13,16H2,1H3,(H,29,30);1H/t23-;/m0./s1. The Labute approximate surface area is 199 Å². The van der Waals surface area contributed by atoms with Crippen molar-refractivity contribution in [3.05, 3.63) is 88.4 Å². The summed E-state index contributed by atoms with van der Waals surface area (Å²) in [7, 11) is 1.47. The van der Waals surface area contributed by atoms with E-state index >= 15 is 0 Å². The molecule has 32 heavy (non-hydrogen) atoms. The fourth-order valence-electron chi connectivity index (χ4n) is 3.40. The van der Waals surface area contributed by atoms with Gasteiger partial charge in [0.1, 0.15) is 11.3 Å². The van der Waals surface area contributed by atoms with Crippen molar-refractivity contribution in [3.63, 3.8) is 0 Å². The monoisotopic (exact) mass is 475 g/mol. The van der Waals surface area contributed by atoms with Gasteiger partial charge < -0.3 is 20.3 Å². The molecule has 3 rings (SSSR count). The van der Waals surface area contributed by atoms with Crippen molar-refractivity contribution < 1.29 is 19.7 Å². The maximum Gasteiger partial charge on any atom is 0.339 e. The number of benzene rings is 3. The Hall–Kier alpha value is -2.57. The highest BCUT2D eigenvalue weighted by atomic mass is 35.5. The molecule has 7 heteroatoms. The van der Waals surface area contributed by atoms with Crippen LogP contribution in [0.5, 0.6) is 5.75 Å². The Morgan fingerprint density at radius 1 is 1.06 bits per heavy atom. The molecule has 3 aromatic rings. The van der Waals surface area contributed by atoms with E-state index in [4.69, 9.17) is 16.3 Å². The van der Waals surface area contributed by atoms with E-state index < -0.39 is 12.1 Å². The van der Waals surface area contributed by atoms with Crippen LogP contribution in [0.2, 0.25) is 5.02 Å². The van der Waals surface area contributed by atoms with Crippen molar-refractivity contribution in [2.24, 2.45) is 0 Å². The second-order valence-electron chi connectivity index (χ2n) is 7.30. The lowest BCUT2D eigenvalue weighted by atomic mass is 10.0. The first-order valence-corrected chi connectivity index (χ1v) is 10.5. The topological polar surface area (TPSA) is 78.8 Å². The lowest BCUT2D eigenvalue weighted by Gasteiger charge is -2.12. The number of ether oxygens (including phenoxy) is 1. The summed E-state index contributed by atoms with van der Waals surface area (Å²) in [6.45, 7) is 1.28. The van der Waals surface area contributed by atoms with Crippen molar-refractivity contribution in [2.45, 2.75) is 18.9 Å². The maximum absolute atomic E-state index is 11.2. The lowest BCUT2D eigenvalue weighted by molar-refractivity contribution is 0.0693. The Bertz CT molecular complexity index is 1020. The van der Waals surface area contributed by atoms with Gasteiger partial charge in [-0.15, -0.1) is 12.4 Å². The number of carboxylic acid groups (broad SMARTS) is 1. The average molecular weight is 476 g/mol. The van der Waals surface area contributed by atoms with Gasteiger partial charge in [0.25, 0.3) is 0 Å². The fraction of sp³-hybridized carbons (Fsp3) is 0.240. The highest BCUT2D eigenvalue weighted by Crippen LogP contribution is 2.27. The van der Waals surface area contributed by atoms with Gasteiger partial charge in [-0.1, -0.05) is 54.1 Å². The van der Waals surface area contributed by atoms with Crippen LogP contribution < -0.4 is 10.1 Å². The molecule has 0 aliphatic heterocycles. The SMILES string of the molecule is COc1cc(-c2ccc(CCCNC[C@H](O)c3cccc(Cl)c3)cc2)ccc1C(=O)O.Cl. The van der Waals surface area contributed by atoms with Crippen LogP contribution in [0.15, 0.2) is 66.7 Å². The van der Waals surface area contributed by atoms with E-state index in [1.807, 2.05) is 24.3 Å². The maximum atomic E-state index is 11.2. The quantitative estimate of drug-likeness (QED) is 0.342. The van der Waals surface area contributed by atoms with Gasteiger partial charge in [-0.2, -0.15) is 0 Å². The molecule has 0 aliphatic rings. The van der Waals surface area contributed by atoms with E-state index in [0.717, 1.165) is 36.1 Å². The molecule has 170 valence electrons. The summed E-state index contributed by atoms with van der Waals surface area (Å²) in [6.07, 6.45) is 1.28. The molecule has 0 fully saturated rings. The summed E-state index contributed by atoms with van der Waals surface area (Å²) in [5, 5.41) is 23.3. The van der Waals surface area contributed by atoms with Gasteiger partial charge in [0.05, 0.1) is 13.2 Å². The molecular formula is C25H27Cl2NO4. The summed E-state index contributed by atoms with van der Waals surface area (Å²) < 4.78 is 5.21. The Morgan fingerprint density at radius 2 is 1.78 bits per heavy atom. The van der Waals surface area contributed by atoms with Crippen LogP contribution in [0.4, 0.5) is 0 Å². The normalized spacial score (nSPS) is 11.5. The van der Waals surface area contributed by atoms with E-state index in [2.05, 4.69) is 17.4 Å². The van der Waals surface area contributed by atoms with E-state index in [1.54, 1.807) is 30.3 Å². The number of hydrogen-bond acceptors (Lipinski definition) is 4. The summed E-state index contributed by atoms with van der Waals surface area (Å²) >= 11 is 5.96. The lowest BCUT2D eigenvalue weighted by Crippen LogP contribution is -2.22. The summed E-state index contributed by atoms with van der Waals surface area (Å²) in [5.41, 5.74) is 4.08. The van der Waals surface area contributed by atoms with Gasteiger partial charge in [0.15, 0.2) is 0 Å². The molecule has 1 atom stereocenters. The molecule has 0 unspecified atom stereocenters. The molecule has 0 spiro atoms. The highest BCUT2D eigenvalue weighted by Gasteiger charge is 2.12. The fourth-order valence-corrected chi connectivity index (χ4v) is 3.60. The number of rotatable bonds is 10. The molecule has 3 aromatic carbocycles. The van der Waals surface area contributed by atoms with Crippen LogP contribution in [0.25, 0.3) is 11.1 Å². The highest BCUT2D eigenvalue weighted by molar-refractivity contribution is 6.30. The van der Waals surface area contributed by atoms with Crippen molar-refractivity contribution >= 4 is 30.0 Å². The number of hydrogen-bond donors (Lipinski definition) is 3. The zero-order valence-corrected chi connectivity index (χ0v) is 19.3. The first-order valence-electron chi connectivity index (χ1n) is 10.1. The zero-order chi connectivity index (χ0) is 22.2. The number of aliphatic hydroxyl groups excluding tert-OH is 1. The van der Waals surface area contributed by atoms with Gasteiger partial charge in [0.2, 0.25) is 0 Å². The van der Waals surface area contributed by atoms with Gasteiger partial charge in [-0.05, 0) is 65.9 Å². The van der Waals surface area contributed by atoms with Gasteiger partial charge >= 0.3 is 5.97 Å². The largest absolute Gasteiger partial charge is 0.496 e. The van der Waals surface area contributed by atoms with Gasteiger partial charge in [-0.3, -0.25) is 0 Å². The van der Waals surface area contributed by atoms with E-state index in [1.165, 1.54) is 12.7 Å². The van der Waals surface area contributed by atoms with Gasteiger partial charge in [-0.25, -0.2) is 4.79 Å². The molecular weight excluding hydrogens is 449 g/mol. The van der Waals surface area contributed by atoms with Crippen molar-refractivity contribution in [3.8, 4) is 16.9 Å². The van der Waals surface area contributed by atoms with E-state index in [0.29, 0.717) is 17.3 Å². The Balaban J connectivity index is 0.00000363. The Kier molecular flexibility index (Phi) is 10.0. The summed E-state index contributed by atoms with van der Waals surface area (Å²) in [5.74, 6) is -0.660. The third-order valence-corrected chi connectivity index (χ3v) is 5.34. The smallest absolute Gasteiger partial charge is 0.339 e. The third kappa shape index (κ3) is 6.97. The molecule has 0 radical (unpaired) electrons. The third-order valence-electron chi connectivity index (χ3n) is 5.11. The summed E-state index contributed by atoms with van der Waals surface area (Å²) in [6, 6.07) is 20.6. The van der Waals surface area contributed by atoms with Crippen molar-refractivity contribution in [1.29, 1.82) is 0 Å². The number of halogens is 2. The predicted octanol–water partition coefficient (Wildman–Crippen LogP) is 5.39. The van der Waals surface area contributed by atoms with E-state index in [-0.39, 0.29) is 18.0 Å². The minimum Gasteiger partial charge on any atom is -0.496 e. The molecule has 0 heterocycles. The first kappa shape index (κ1) is 25.7. The second kappa shape index (κ2) is 12.5. The number of nitrogens with one attached hydrogen (secondary N) is 1. The molecule has 0 saturated heterocycles. The number of aryl methyl sites for hydroxylation is 1. The molecule has 0 aromatic heterocycles. The number of methoxy groups -OCH3 is 1. The molecule has 0 bridgehead atoms. The Morgan fingerprint density at radius 3 is 2.44 bits per heavy atom. The average Bonchev–Trinajstić information content (AvgIpc) is 2.78.